The molecule has 0 saturated heterocycles. The second-order valence-electron chi connectivity index (χ2n) is 7.87. The molecule has 0 bridgehead atoms. The van der Waals surface area contributed by atoms with Crippen LogP contribution in [0.4, 0.5) is 5.69 Å². The number of carbonyl (C=O) groups excluding carboxylic acids is 1. The third-order valence-corrected chi connectivity index (χ3v) is 5.78. The number of carbonyl (C=O) groups is 1. The first-order chi connectivity index (χ1) is 16.4. The Hall–Kier alpha value is -4.14. The Bertz CT molecular complexity index is 1410. The fourth-order valence-electron chi connectivity index (χ4n) is 4.02. The first-order valence-electron chi connectivity index (χ1n) is 11.0. The molecule has 0 aliphatic rings. The third-order valence-electron chi connectivity index (χ3n) is 5.78. The van der Waals surface area contributed by atoms with Gasteiger partial charge in [-0.1, -0.05) is 25.1 Å². The van der Waals surface area contributed by atoms with Crippen LogP contribution in [0.5, 0.6) is 11.5 Å². The summed E-state index contributed by atoms with van der Waals surface area (Å²) >= 11 is 0. The highest BCUT2D eigenvalue weighted by atomic mass is 16.5. The van der Waals surface area contributed by atoms with E-state index in [-0.39, 0.29) is 11.5 Å². The van der Waals surface area contributed by atoms with Crippen molar-refractivity contribution < 1.29 is 14.3 Å². The topological polar surface area (TPSA) is 100 Å². The van der Waals surface area contributed by atoms with E-state index in [1.807, 2.05) is 44.2 Å². The van der Waals surface area contributed by atoms with E-state index >= 15 is 0 Å². The van der Waals surface area contributed by atoms with Crippen molar-refractivity contribution in [3.8, 4) is 17.2 Å². The van der Waals surface area contributed by atoms with Gasteiger partial charge in [0.15, 0.2) is 11.5 Å². The number of para-hydroxylation sites is 1. The number of amides is 1. The van der Waals surface area contributed by atoms with E-state index in [0.29, 0.717) is 45.9 Å². The number of anilines is 1. The number of methoxy groups -OCH3 is 2. The number of aryl methyl sites for hydroxylation is 2. The number of nitrogens with zero attached hydrogens (tertiary/aromatic N) is 4. The van der Waals surface area contributed by atoms with Gasteiger partial charge < -0.3 is 14.8 Å². The second-order valence-corrected chi connectivity index (χ2v) is 7.87. The van der Waals surface area contributed by atoms with Gasteiger partial charge >= 0.3 is 0 Å². The van der Waals surface area contributed by atoms with Crippen molar-refractivity contribution in [2.45, 2.75) is 33.2 Å². The molecule has 0 fully saturated rings. The minimum Gasteiger partial charge on any atom is -0.493 e. The molecule has 1 N–H and O–H groups in total. The van der Waals surface area contributed by atoms with Crippen LogP contribution in [0.1, 0.15) is 30.8 Å². The van der Waals surface area contributed by atoms with Crippen LogP contribution >= 0.6 is 0 Å². The molecule has 2 aromatic carbocycles. The Balaban J connectivity index is 1.74. The van der Waals surface area contributed by atoms with Crippen molar-refractivity contribution in [2.75, 3.05) is 19.5 Å². The molecular formula is C25H27N5O4. The maximum atomic E-state index is 13.5. The number of benzene rings is 2. The number of hydrogen-bond acceptors (Lipinski definition) is 6. The highest BCUT2D eigenvalue weighted by Crippen LogP contribution is 2.30. The van der Waals surface area contributed by atoms with Crippen molar-refractivity contribution in [1.29, 1.82) is 0 Å². The molecule has 0 spiro atoms. The van der Waals surface area contributed by atoms with Crippen LogP contribution in [0.15, 0.2) is 53.3 Å². The standard InChI is InChI=1S/C25H27N5O4/c1-6-19(24(31)26-17-12-13-20(33-4)21(14-17)34-5)30-25(32)22-16(3)29(18-10-8-7-9-11-18)28-23(22)15(2)27-30/h7-14,19H,6H2,1-5H3,(H,26,31)/t19-/m1/s1. The highest BCUT2D eigenvalue weighted by Gasteiger charge is 2.25. The monoisotopic (exact) mass is 461 g/mol. The zero-order valence-corrected chi connectivity index (χ0v) is 19.8. The summed E-state index contributed by atoms with van der Waals surface area (Å²) in [5, 5.41) is 12.4. The van der Waals surface area contributed by atoms with Crippen LogP contribution in [0.3, 0.4) is 0 Å². The zero-order chi connectivity index (χ0) is 24.4. The van der Waals surface area contributed by atoms with E-state index in [9.17, 15) is 9.59 Å². The van der Waals surface area contributed by atoms with E-state index < -0.39 is 6.04 Å². The molecule has 9 nitrogen and oxygen atoms in total. The Morgan fingerprint density at radius 1 is 1.03 bits per heavy atom. The summed E-state index contributed by atoms with van der Waals surface area (Å²) in [6, 6.07) is 13.9. The molecule has 4 rings (SSSR count). The van der Waals surface area contributed by atoms with Crippen LogP contribution in [-0.4, -0.2) is 39.7 Å². The van der Waals surface area contributed by atoms with Crippen molar-refractivity contribution >= 4 is 22.5 Å². The summed E-state index contributed by atoms with van der Waals surface area (Å²) in [5.41, 5.74) is 2.82. The maximum absolute atomic E-state index is 13.5. The van der Waals surface area contributed by atoms with Crippen LogP contribution in [0.2, 0.25) is 0 Å². The van der Waals surface area contributed by atoms with Gasteiger partial charge in [-0.3, -0.25) is 9.59 Å². The molecule has 176 valence electrons. The van der Waals surface area contributed by atoms with Gasteiger partial charge in [-0.25, -0.2) is 9.36 Å². The number of hydrogen-bond donors (Lipinski definition) is 1. The fourth-order valence-corrected chi connectivity index (χ4v) is 4.02. The lowest BCUT2D eigenvalue weighted by molar-refractivity contribution is -0.119. The van der Waals surface area contributed by atoms with E-state index in [1.54, 1.807) is 36.9 Å². The highest BCUT2D eigenvalue weighted by molar-refractivity contribution is 5.94. The Morgan fingerprint density at radius 2 is 1.74 bits per heavy atom. The van der Waals surface area contributed by atoms with Crippen LogP contribution in [0, 0.1) is 13.8 Å². The van der Waals surface area contributed by atoms with E-state index in [1.165, 1.54) is 11.8 Å². The van der Waals surface area contributed by atoms with Gasteiger partial charge in [0.2, 0.25) is 5.91 Å². The number of fused-ring (bicyclic) bond motifs is 1. The zero-order valence-electron chi connectivity index (χ0n) is 19.8. The second kappa shape index (κ2) is 9.38. The predicted octanol–water partition coefficient (Wildman–Crippen LogP) is 3.81. The molecule has 0 saturated carbocycles. The molecule has 34 heavy (non-hydrogen) atoms. The molecule has 0 unspecified atom stereocenters. The lowest BCUT2D eigenvalue weighted by atomic mass is 10.1. The van der Waals surface area contributed by atoms with E-state index in [0.717, 1.165) is 5.69 Å². The molecule has 2 aromatic heterocycles. The van der Waals surface area contributed by atoms with E-state index in [4.69, 9.17) is 9.47 Å². The molecule has 0 aliphatic heterocycles. The lowest BCUT2D eigenvalue weighted by Crippen LogP contribution is -2.35. The number of ether oxygens (including phenoxy) is 2. The molecular weight excluding hydrogens is 434 g/mol. The average molecular weight is 462 g/mol. The summed E-state index contributed by atoms with van der Waals surface area (Å²) in [5.74, 6) is 0.693. The van der Waals surface area contributed by atoms with Crippen LogP contribution in [-0.2, 0) is 4.79 Å². The molecule has 1 atom stereocenters. The molecule has 2 heterocycles. The average Bonchev–Trinajstić information content (AvgIpc) is 3.21. The van der Waals surface area contributed by atoms with Gasteiger partial charge in [0.25, 0.3) is 5.56 Å². The Kier molecular flexibility index (Phi) is 6.36. The Labute approximate surface area is 196 Å². The van der Waals surface area contributed by atoms with Crippen molar-refractivity contribution in [1.82, 2.24) is 19.6 Å². The van der Waals surface area contributed by atoms with Gasteiger partial charge in [-0.15, -0.1) is 0 Å². The minimum atomic E-state index is -0.803. The third kappa shape index (κ3) is 4.00. The van der Waals surface area contributed by atoms with Gasteiger partial charge in [0, 0.05) is 11.8 Å². The van der Waals surface area contributed by atoms with Gasteiger partial charge in [0.05, 0.1) is 36.7 Å². The lowest BCUT2D eigenvalue weighted by Gasteiger charge is -2.18. The molecule has 9 heteroatoms. The SMILES string of the molecule is CC[C@H](C(=O)Nc1ccc(OC)c(OC)c1)n1nc(C)c2nn(-c3ccccc3)c(C)c2c1=O. The molecule has 0 radical (unpaired) electrons. The molecule has 0 aliphatic carbocycles. The summed E-state index contributed by atoms with van der Waals surface area (Å²) in [7, 11) is 3.07. The molecule has 4 aromatic rings. The van der Waals surface area contributed by atoms with Crippen LogP contribution < -0.4 is 20.3 Å². The van der Waals surface area contributed by atoms with Crippen molar-refractivity contribution in [3.63, 3.8) is 0 Å². The summed E-state index contributed by atoms with van der Waals surface area (Å²) in [6.45, 7) is 5.48. The smallest absolute Gasteiger partial charge is 0.278 e. The van der Waals surface area contributed by atoms with Crippen molar-refractivity contribution in [3.05, 3.63) is 70.3 Å². The largest absolute Gasteiger partial charge is 0.493 e. The normalized spacial score (nSPS) is 11.9. The van der Waals surface area contributed by atoms with Gasteiger partial charge in [0.1, 0.15) is 11.6 Å². The van der Waals surface area contributed by atoms with Gasteiger partial charge in [-0.2, -0.15) is 10.2 Å². The van der Waals surface area contributed by atoms with E-state index in [2.05, 4.69) is 15.5 Å². The first-order valence-corrected chi connectivity index (χ1v) is 11.0. The van der Waals surface area contributed by atoms with Crippen molar-refractivity contribution in [2.24, 2.45) is 0 Å². The summed E-state index contributed by atoms with van der Waals surface area (Å²) in [4.78, 5) is 26.7. The first kappa shape index (κ1) is 23.0. The summed E-state index contributed by atoms with van der Waals surface area (Å²) in [6.07, 6.45) is 0.378. The number of aromatic nitrogens is 4. The molecule has 1 amide bonds. The Morgan fingerprint density at radius 3 is 2.38 bits per heavy atom. The minimum absolute atomic E-state index is 0.351. The summed E-state index contributed by atoms with van der Waals surface area (Å²) < 4.78 is 13.6. The quantitative estimate of drug-likeness (QED) is 0.449. The maximum Gasteiger partial charge on any atom is 0.278 e. The van der Waals surface area contributed by atoms with Gasteiger partial charge in [-0.05, 0) is 44.5 Å². The van der Waals surface area contributed by atoms with Crippen LogP contribution in [0.25, 0.3) is 16.6 Å². The fraction of sp³-hybridized carbons (Fsp3) is 0.280. The number of nitrogens with one attached hydrogen (secondary N) is 1. The predicted molar refractivity (Wildman–Crippen MR) is 130 cm³/mol. The number of rotatable bonds is 7.